The van der Waals surface area contributed by atoms with E-state index in [4.69, 9.17) is 5.11 Å². The second kappa shape index (κ2) is 4.82. The van der Waals surface area contributed by atoms with E-state index in [0.29, 0.717) is 10.8 Å². The SMILES string of the molecule is CC(Sc1nc2c(=O)n(C)c(=O)n(C)c2n1C)C(=O)O. The summed E-state index contributed by atoms with van der Waals surface area (Å²) in [7, 11) is 4.57. The Morgan fingerprint density at radius 1 is 1.20 bits per heavy atom. The zero-order chi connectivity index (χ0) is 15.2. The fourth-order valence-electron chi connectivity index (χ4n) is 1.87. The van der Waals surface area contributed by atoms with E-state index in [0.717, 1.165) is 16.3 Å². The molecule has 0 aliphatic heterocycles. The van der Waals surface area contributed by atoms with Crippen LogP contribution in [0.2, 0.25) is 0 Å². The minimum atomic E-state index is -0.969. The molecule has 0 aliphatic carbocycles. The summed E-state index contributed by atoms with van der Waals surface area (Å²) in [5.41, 5.74) is -0.419. The number of carboxylic acid groups (broad SMARTS) is 1. The number of rotatable bonds is 3. The summed E-state index contributed by atoms with van der Waals surface area (Å²) in [4.78, 5) is 39.0. The zero-order valence-electron chi connectivity index (χ0n) is 11.4. The van der Waals surface area contributed by atoms with Crippen LogP contribution < -0.4 is 11.2 Å². The normalized spacial score (nSPS) is 12.8. The van der Waals surface area contributed by atoms with Crippen molar-refractivity contribution in [2.45, 2.75) is 17.3 Å². The van der Waals surface area contributed by atoms with Crippen molar-refractivity contribution < 1.29 is 9.90 Å². The molecule has 0 saturated heterocycles. The third-order valence-corrected chi connectivity index (χ3v) is 4.18. The van der Waals surface area contributed by atoms with E-state index >= 15 is 0 Å². The molecule has 0 saturated carbocycles. The molecule has 1 unspecified atom stereocenters. The smallest absolute Gasteiger partial charge is 0.332 e. The van der Waals surface area contributed by atoms with Gasteiger partial charge in [-0.15, -0.1) is 0 Å². The van der Waals surface area contributed by atoms with Crippen LogP contribution in [0.3, 0.4) is 0 Å². The van der Waals surface area contributed by atoms with Gasteiger partial charge in [0, 0.05) is 21.1 Å². The topological polar surface area (TPSA) is 99.1 Å². The predicted octanol–water partition coefficient (Wildman–Crippen LogP) is -0.464. The van der Waals surface area contributed by atoms with Crippen molar-refractivity contribution in [1.82, 2.24) is 18.7 Å². The van der Waals surface area contributed by atoms with Crippen LogP contribution in [-0.4, -0.2) is 35.0 Å². The Bertz CT molecular complexity index is 816. The van der Waals surface area contributed by atoms with Crippen molar-refractivity contribution in [3.8, 4) is 0 Å². The first-order chi connectivity index (χ1) is 9.25. The number of aliphatic carboxylic acids is 1. The van der Waals surface area contributed by atoms with Crippen molar-refractivity contribution >= 4 is 28.9 Å². The highest BCUT2D eigenvalue weighted by molar-refractivity contribution is 8.00. The van der Waals surface area contributed by atoms with Gasteiger partial charge in [0.05, 0.1) is 0 Å². The summed E-state index contributed by atoms with van der Waals surface area (Å²) < 4.78 is 3.85. The lowest BCUT2D eigenvalue weighted by atomic mass is 10.5. The summed E-state index contributed by atoms with van der Waals surface area (Å²) in [5.74, 6) is -0.969. The maximum atomic E-state index is 12.0. The molecule has 0 spiro atoms. The summed E-state index contributed by atoms with van der Waals surface area (Å²) in [6, 6.07) is 0. The fourth-order valence-corrected chi connectivity index (χ4v) is 2.68. The molecule has 0 amide bonds. The first-order valence-electron chi connectivity index (χ1n) is 5.77. The van der Waals surface area contributed by atoms with E-state index in [9.17, 15) is 14.4 Å². The molecular formula is C11H14N4O4S. The largest absolute Gasteiger partial charge is 0.480 e. The van der Waals surface area contributed by atoms with Crippen molar-refractivity contribution in [2.24, 2.45) is 21.1 Å². The third kappa shape index (κ3) is 2.03. The molecule has 0 bridgehead atoms. The van der Waals surface area contributed by atoms with Crippen molar-refractivity contribution in [3.63, 3.8) is 0 Å². The molecule has 2 aromatic rings. The Morgan fingerprint density at radius 2 is 1.80 bits per heavy atom. The number of carboxylic acids is 1. The van der Waals surface area contributed by atoms with E-state index in [1.165, 1.54) is 18.5 Å². The van der Waals surface area contributed by atoms with Crippen LogP contribution in [0.4, 0.5) is 0 Å². The van der Waals surface area contributed by atoms with Crippen LogP contribution in [-0.2, 0) is 25.9 Å². The lowest BCUT2D eigenvalue weighted by Crippen LogP contribution is -2.37. The molecule has 20 heavy (non-hydrogen) atoms. The van der Waals surface area contributed by atoms with Crippen molar-refractivity contribution in [1.29, 1.82) is 0 Å². The highest BCUT2D eigenvalue weighted by Gasteiger charge is 2.21. The summed E-state index contributed by atoms with van der Waals surface area (Å²) in [6.07, 6.45) is 0. The summed E-state index contributed by atoms with van der Waals surface area (Å²) in [5, 5.41) is 8.61. The average molecular weight is 298 g/mol. The molecule has 0 aromatic carbocycles. The number of hydrogen-bond donors (Lipinski definition) is 1. The Balaban J connectivity index is 2.74. The van der Waals surface area contributed by atoms with Crippen LogP contribution in [0.5, 0.6) is 0 Å². The first kappa shape index (κ1) is 14.4. The standard InChI is InChI=1S/C11H14N4O4S/c1-5(9(17)18)20-10-12-6-7(13(10)2)14(3)11(19)15(4)8(6)16/h5H,1-4H3,(H,17,18). The number of fused-ring (bicyclic) bond motifs is 1. The van der Waals surface area contributed by atoms with Gasteiger partial charge in [0.25, 0.3) is 5.56 Å². The molecule has 0 radical (unpaired) electrons. The van der Waals surface area contributed by atoms with E-state index in [-0.39, 0.29) is 5.52 Å². The van der Waals surface area contributed by atoms with Gasteiger partial charge in [-0.05, 0) is 6.92 Å². The van der Waals surface area contributed by atoms with Gasteiger partial charge in [0.15, 0.2) is 16.3 Å². The lowest BCUT2D eigenvalue weighted by Gasteiger charge is -2.07. The molecule has 9 heteroatoms. The number of carbonyl (C=O) groups is 1. The van der Waals surface area contributed by atoms with Gasteiger partial charge < -0.3 is 9.67 Å². The third-order valence-electron chi connectivity index (χ3n) is 3.05. The monoisotopic (exact) mass is 298 g/mol. The average Bonchev–Trinajstić information content (AvgIpc) is 2.71. The predicted molar refractivity (Wildman–Crippen MR) is 74.2 cm³/mol. The number of hydrogen-bond acceptors (Lipinski definition) is 5. The lowest BCUT2D eigenvalue weighted by molar-refractivity contribution is -0.136. The molecule has 1 atom stereocenters. The molecule has 8 nitrogen and oxygen atoms in total. The highest BCUT2D eigenvalue weighted by atomic mass is 32.2. The number of aromatic nitrogens is 4. The van der Waals surface area contributed by atoms with Crippen LogP contribution in [0.1, 0.15) is 6.92 Å². The van der Waals surface area contributed by atoms with E-state index in [2.05, 4.69) is 4.98 Å². The van der Waals surface area contributed by atoms with Crippen molar-refractivity contribution in [3.05, 3.63) is 20.8 Å². The summed E-state index contributed by atoms with van der Waals surface area (Å²) >= 11 is 1.02. The van der Waals surface area contributed by atoms with Crippen molar-refractivity contribution in [2.75, 3.05) is 0 Å². The molecule has 0 fully saturated rings. The van der Waals surface area contributed by atoms with Gasteiger partial charge in [0.2, 0.25) is 0 Å². The maximum absolute atomic E-state index is 12.0. The Morgan fingerprint density at radius 3 is 2.35 bits per heavy atom. The van der Waals surface area contributed by atoms with Crippen LogP contribution in [0.25, 0.3) is 11.2 Å². The van der Waals surface area contributed by atoms with Gasteiger partial charge in [-0.25, -0.2) is 9.78 Å². The molecule has 0 aliphatic rings. The second-order valence-corrected chi connectivity index (χ2v) is 5.74. The first-order valence-corrected chi connectivity index (χ1v) is 6.65. The minimum Gasteiger partial charge on any atom is -0.480 e. The Hall–Kier alpha value is -2.03. The zero-order valence-corrected chi connectivity index (χ0v) is 12.3. The van der Waals surface area contributed by atoms with Crippen LogP contribution >= 0.6 is 11.8 Å². The van der Waals surface area contributed by atoms with Gasteiger partial charge >= 0.3 is 11.7 Å². The molecule has 108 valence electrons. The Kier molecular flexibility index (Phi) is 3.46. The van der Waals surface area contributed by atoms with E-state index in [1.54, 1.807) is 18.7 Å². The van der Waals surface area contributed by atoms with Crippen LogP contribution in [0, 0.1) is 0 Å². The second-order valence-electron chi connectivity index (χ2n) is 4.43. The van der Waals surface area contributed by atoms with Gasteiger partial charge in [-0.3, -0.25) is 18.7 Å². The minimum absolute atomic E-state index is 0.150. The summed E-state index contributed by atoms with van der Waals surface area (Å²) in [6.45, 7) is 1.53. The Labute approximate surface area is 117 Å². The maximum Gasteiger partial charge on any atom is 0.332 e. The molecule has 2 rings (SSSR count). The number of aryl methyl sites for hydroxylation is 2. The molecule has 1 N–H and O–H groups in total. The van der Waals surface area contributed by atoms with Crippen LogP contribution in [0.15, 0.2) is 14.7 Å². The van der Waals surface area contributed by atoms with Gasteiger partial charge in [0.1, 0.15) is 5.25 Å². The van der Waals surface area contributed by atoms with E-state index < -0.39 is 22.5 Å². The molecule has 2 heterocycles. The fraction of sp³-hybridized carbons (Fsp3) is 0.455. The van der Waals surface area contributed by atoms with E-state index in [1.807, 2.05) is 0 Å². The van der Waals surface area contributed by atoms with Gasteiger partial charge in [-0.2, -0.15) is 0 Å². The quantitative estimate of drug-likeness (QED) is 0.770. The number of thioether (sulfide) groups is 1. The number of nitrogens with zero attached hydrogens (tertiary/aromatic N) is 4. The molecule has 2 aromatic heterocycles. The molecular weight excluding hydrogens is 284 g/mol. The van der Waals surface area contributed by atoms with Gasteiger partial charge in [-0.1, -0.05) is 11.8 Å². The highest BCUT2D eigenvalue weighted by Crippen LogP contribution is 2.24. The number of imidazole rings is 1.